The van der Waals surface area contributed by atoms with Crippen LogP contribution in [0.2, 0.25) is 0 Å². The number of hydrogen-bond acceptors (Lipinski definition) is 5. The number of rotatable bonds is 4. The van der Waals surface area contributed by atoms with Crippen molar-refractivity contribution in [3.63, 3.8) is 0 Å². The van der Waals surface area contributed by atoms with Crippen molar-refractivity contribution in [2.24, 2.45) is 17.8 Å². The molecule has 4 fully saturated rings. The lowest BCUT2D eigenvalue weighted by molar-refractivity contribution is -0.122. The van der Waals surface area contributed by atoms with Crippen LogP contribution in [0.25, 0.3) is 0 Å². The van der Waals surface area contributed by atoms with Gasteiger partial charge < -0.3 is 10.6 Å². The van der Waals surface area contributed by atoms with Crippen LogP contribution in [0.5, 0.6) is 0 Å². The van der Waals surface area contributed by atoms with Gasteiger partial charge in [-0.3, -0.25) is 4.79 Å². The maximum absolute atomic E-state index is 12.2. The van der Waals surface area contributed by atoms with Crippen LogP contribution in [-0.4, -0.2) is 16.9 Å². The molecule has 0 aliphatic heterocycles. The Kier molecular flexibility index (Phi) is 3.98. The van der Waals surface area contributed by atoms with Gasteiger partial charge in [-0.15, -0.1) is 11.3 Å². The molecule has 0 radical (unpaired) electrons. The third-order valence-electron chi connectivity index (χ3n) is 5.94. The molecule has 1 aromatic rings. The highest BCUT2D eigenvalue weighted by Gasteiger charge is 2.38. The van der Waals surface area contributed by atoms with Crippen molar-refractivity contribution in [2.45, 2.75) is 56.9 Å². The van der Waals surface area contributed by atoms with E-state index >= 15 is 0 Å². The summed E-state index contributed by atoms with van der Waals surface area (Å²) in [6, 6.07) is 0.167. The average Bonchev–Trinajstić information content (AvgIpc) is 2.99. The molecule has 4 aliphatic carbocycles. The van der Waals surface area contributed by atoms with Crippen LogP contribution in [0.4, 0.5) is 5.13 Å². The number of nitriles is 1. The van der Waals surface area contributed by atoms with Crippen molar-refractivity contribution >= 4 is 22.4 Å². The summed E-state index contributed by atoms with van der Waals surface area (Å²) in [5, 5.41) is 15.0. The Hall–Kier alpha value is -1.61. The first-order valence-electron chi connectivity index (χ1n) is 8.64. The fourth-order valence-electron chi connectivity index (χ4n) is 4.49. The monoisotopic (exact) mass is 330 g/mol. The zero-order valence-electron chi connectivity index (χ0n) is 13.1. The van der Waals surface area contributed by atoms with Crippen LogP contribution in [0, 0.1) is 29.2 Å². The molecule has 6 heteroatoms. The number of carbonyl (C=O) groups is 1. The Morgan fingerprint density at radius 3 is 2.70 bits per heavy atom. The van der Waals surface area contributed by atoms with Crippen molar-refractivity contribution in [3.05, 3.63) is 11.1 Å². The number of anilines is 1. The topological polar surface area (TPSA) is 77.8 Å². The van der Waals surface area contributed by atoms with Crippen molar-refractivity contribution in [2.75, 3.05) is 5.32 Å². The van der Waals surface area contributed by atoms with E-state index in [4.69, 9.17) is 5.26 Å². The van der Waals surface area contributed by atoms with Crippen molar-refractivity contribution in [1.29, 1.82) is 5.26 Å². The summed E-state index contributed by atoms with van der Waals surface area (Å²) in [6.07, 6.45) is 12.3. The molecule has 5 nitrogen and oxygen atoms in total. The second kappa shape index (κ2) is 6.12. The van der Waals surface area contributed by atoms with E-state index in [2.05, 4.69) is 15.6 Å². The lowest BCUT2D eigenvalue weighted by Gasteiger charge is -2.41. The summed E-state index contributed by atoms with van der Waals surface area (Å²) >= 11 is 1.66. The Morgan fingerprint density at radius 2 is 2.04 bits per heavy atom. The smallest absolute Gasteiger partial charge is 0.229 e. The molecule has 1 atom stereocenters. The van der Waals surface area contributed by atoms with E-state index in [1.807, 2.05) is 12.4 Å². The van der Waals surface area contributed by atoms with Gasteiger partial charge in [-0.1, -0.05) is 12.8 Å². The highest BCUT2D eigenvalue weighted by Crippen LogP contribution is 2.50. The van der Waals surface area contributed by atoms with E-state index in [9.17, 15) is 4.79 Å². The zero-order chi connectivity index (χ0) is 15.8. The van der Waals surface area contributed by atoms with Gasteiger partial charge >= 0.3 is 0 Å². The van der Waals surface area contributed by atoms with Gasteiger partial charge in [-0.25, -0.2) is 4.98 Å². The van der Waals surface area contributed by atoms with Crippen LogP contribution in [0.3, 0.4) is 0 Å². The number of fused-ring (bicyclic) bond motifs is 3. The number of hydrogen-bond donors (Lipinski definition) is 2. The molecule has 2 bridgehead atoms. The number of nitrogens with zero attached hydrogens (tertiary/aromatic N) is 2. The second-order valence-corrected chi connectivity index (χ2v) is 8.36. The zero-order valence-corrected chi connectivity index (χ0v) is 13.9. The molecule has 0 saturated heterocycles. The summed E-state index contributed by atoms with van der Waals surface area (Å²) in [4.78, 5) is 18.0. The van der Waals surface area contributed by atoms with Crippen LogP contribution in [0.15, 0.2) is 6.20 Å². The Balaban J connectivity index is 1.34. The Labute approximate surface area is 140 Å². The molecule has 0 aromatic carbocycles. The van der Waals surface area contributed by atoms with E-state index in [1.165, 1.54) is 37.0 Å². The van der Waals surface area contributed by atoms with E-state index in [0.717, 1.165) is 29.8 Å². The van der Waals surface area contributed by atoms with Gasteiger partial charge in [-0.05, 0) is 49.9 Å². The summed E-state index contributed by atoms with van der Waals surface area (Å²) in [6.45, 7) is 0. The van der Waals surface area contributed by atoms with Gasteiger partial charge in [0.1, 0.15) is 0 Å². The molecule has 1 amide bonds. The Bertz CT molecular complexity index is 623. The molecule has 1 unspecified atom stereocenters. The molecular weight excluding hydrogens is 308 g/mol. The molecule has 0 spiro atoms. The molecule has 2 N–H and O–H groups in total. The summed E-state index contributed by atoms with van der Waals surface area (Å²) in [7, 11) is 0. The standard InChI is InChI=1S/C17H22N4OS/c18-9-20-13-6-12(7-13)16(22)21-17-19-8-15(23-17)14-5-10-1-3-11(14)4-2-10/h8,10-14,20H,1-7H2,(H,19,21,22)/t10?,11?,12-,13-,14?. The van der Waals surface area contributed by atoms with Gasteiger partial charge in [0.2, 0.25) is 5.91 Å². The fourth-order valence-corrected chi connectivity index (χ4v) is 5.52. The SMILES string of the molecule is N#CN[C@H]1C[C@H](C(=O)Nc2ncc(C3CC4CCC3CC4)s2)C1. The van der Waals surface area contributed by atoms with Crippen LogP contribution in [0.1, 0.15) is 55.7 Å². The quantitative estimate of drug-likeness (QED) is 0.656. The predicted octanol–water partition coefficient (Wildman–Crippen LogP) is 3.22. The number of nitrogens with one attached hydrogen (secondary N) is 2. The third kappa shape index (κ3) is 2.94. The van der Waals surface area contributed by atoms with Gasteiger partial charge in [0, 0.05) is 23.0 Å². The van der Waals surface area contributed by atoms with Crippen molar-refractivity contribution < 1.29 is 4.79 Å². The maximum atomic E-state index is 12.2. The number of carbonyl (C=O) groups excluding carboxylic acids is 1. The van der Waals surface area contributed by atoms with Gasteiger partial charge in [-0.2, -0.15) is 5.26 Å². The molecule has 1 heterocycles. The highest BCUT2D eigenvalue weighted by atomic mass is 32.1. The van der Waals surface area contributed by atoms with Crippen LogP contribution in [-0.2, 0) is 4.79 Å². The van der Waals surface area contributed by atoms with Gasteiger partial charge in [0.15, 0.2) is 11.3 Å². The van der Waals surface area contributed by atoms with Gasteiger partial charge in [0.25, 0.3) is 0 Å². The van der Waals surface area contributed by atoms with Crippen LogP contribution >= 0.6 is 11.3 Å². The van der Waals surface area contributed by atoms with E-state index < -0.39 is 0 Å². The summed E-state index contributed by atoms with van der Waals surface area (Å²) in [5.74, 6) is 2.46. The van der Waals surface area contributed by atoms with E-state index in [1.54, 1.807) is 11.3 Å². The molecular formula is C17H22N4OS. The van der Waals surface area contributed by atoms with Gasteiger partial charge in [0.05, 0.1) is 0 Å². The van der Waals surface area contributed by atoms with Crippen molar-refractivity contribution in [1.82, 2.24) is 10.3 Å². The first-order chi connectivity index (χ1) is 11.2. The lowest BCUT2D eigenvalue weighted by atomic mass is 9.64. The minimum Gasteiger partial charge on any atom is -0.321 e. The molecule has 4 saturated carbocycles. The highest BCUT2D eigenvalue weighted by molar-refractivity contribution is 7.15. The second-order valence-electron chi connectivity index (χ2n) is 7.30. The van der Waals surface area contributed by atoms with Crippen LogP contribution < -0.4 is 10.6 Å². The van der Waals surface area contributed by atoms with E-state index in [0.29, 0.717) is 5.92 Å². The fraction of sp³-hybridized carbons (Fsp3) is 0.706. The predicted molar refractivity (Wildman–Crippen MR) is 88.8 cm³/mol. The average molecular weight is 330 g/mol. The summed E-state index contributed by atoms with van der Waals surface area (Å²) < 4.78 is 0. The third-order valence-corrected chi connectivity index (χ3v) is 6.99. The molecule has 4 aliphatic rings. The first-order valence-corrected chi connectivity index (χ1v) is 9.45. The molecule has 1 aromatic heterocycles. The Morgan fingerprint density at radius 1 is 1.26 bits per heavy atom. The lowest BCUT2D eigenvalue weighted by Crippen LogP contribution is -2.44. The minimum absolute atomic E-state index is 0.0129. The largest absolute Gasteiger partial charge is 0.321 e. The minimum atomic E-state index is 0.0129. The molecule has 23 heavy (non-hydrogen) atoms. The van der Waals surface area contributed by atoms with Crippen molar-refractivity contribution in [3.8, 4) is 6.19 Å². The normalized spacial score (nSPS) is 35.2. The van der Waals surface area contributed by atoms with E-state index in [-0.39, 0.29) is 17.9 Å². The number of aromatic nitrogens is 1. The number of thiazole rings is 1. The number of amides is 1. The maximum Gasteiger partial charge on any atom is 0.229 e. The summed E-state index contributed by atoms with van der Waals surface area (Å²) in [5.41, 5.74) is 0. The molecule has 122 valence electrons. The first kappa shape index (κ1) is 14.9. The molecule has 5 rings (SSSR count).